The fourth-order valence-corrected chi connectivity index (χ4v) is 12.5. The lowest BCUT2D eigenvalue weighted by atomic mass is 10.00. The van der Waals surface area contributed by atoms with Gasteiger partial charge in [-0.3, -0.25) is 19.1 Å². The Balaban J connectivity index is 0.000000170. The van der Waals surface area contributed by atoms with Crippen LogP contribution >= 0.6 is 0 Å². The molecule has 3 N–H and O–H groups in total. The van der Waals surface area contributed by atoms with Crippen LogP contribution in [0, 0.1) is 6.57 Å². The maximum Gasteiger partial charge on any atom is 0.409 e. The van der Waals surface area contributed by atoms with Crippen molar-refractivity contribution >= 4 is 30.0 Å². The highest BCUT2D eigenvalue weighted by Gasteiger charge is 2.33. The maximum absolute atomic E-state index is 12.0. The normalized spacial score (nSPS) is 22.8. The fourth-order valence-electron chi connectivity index (χ4n) is 12.5. The van der Waals surface area contributed by atoms with Gasteiger partial charge in [-0.05, 0) is 122 Å². The van der Waals surface area contributed by atoms with Crippen LogP contribution in [-0.4, -0.2) is 199 Å². The van der Waals surface area contributed by atoms with Gasteiger partial charge in [-0.2, -0.15) is 14.9 Å². The van der Waals surface area contributed by atoms with Crippen LogP contribution in [0.25, 0.3) is 4.85 Å². The number of hydrogen-bond donors (Lipinski definition) is 2. The van der Waals surface area contributed by atoms with Crippen molar-refractivity contribution in [1.82, 2.24) is 64.1 Å². The monoisotopic (exact) mass is 1090 g/mol. The smallest absolute Gasteiger partial charge is 0.409 e. The van der Waals surface area contributed by atoms with Gasteiger partial charge in [0.15, 0.2) is 0 Å². The molecule has 0 bridgehead atoms. The van der Waals surface area contributed by atoms with Crippen molar-refractivity contribution in [3.63, 3.8) is 0 Å². The van der Waals surface area contributed by atoms with Crippen molar-refractivity contribution in [1.29, 1.82) is 0 Å². The summed E-state index contributed by atoms with van der Waals surface area (Å²) in [5.74, 6) is 0.616. The number of likely N-dealkylation sites (tertiary alicyclic amines) is 6. The van der Waals surface area contributed by atoms with Crippen LogP contribution in [0.2, 0.25) is 0 Å². The van der Waals surface area contributed by atoms with E-state index in [4.69, 9.17) is 26.5 Å². The molecule has 3 unspecified atom stereocenters. The first-order valence-electron chi connectivity index (χ1n) is 29.4. The first-order chi connectivity index (χ1) is 38.0. The van der Waals surface area contributed by atoms with E-state index in [9.17, 15) is 19.2 Å². The van der Waals surface area contributed by atoms with Crippen molar-refractivity contribution in [3.8, 4) is 0 Å². The van der Waals surface area contributed by atoms with E-state index in [-0.39, 0.29) is 24.2 Å². The average molecular weight is 1090 g/mol. The number of piperidine rings is 3. The Morgan fingerprint density at radius 1 is 0.513 bits per heavy atom. The minimum atomic E-state index is -0.174. The van der Waals surface area contributed by atoms with Crippen LogP contribution in [-0.2, 0) is 32.1 Å². The topological polar surface area (TPSA) is 211 Å². The number of carbonyl (C=O) groups is 4. The van der Waals surface area contributed by atoms with Crippen molar-refractivity contribution in [2.75, 3.05) is 98.4 Å². The number of amides is 4. The van der Waals surface area contributed by atoms with E-state index in [1.54, 1.807) is 12.3 Å². The van der Waals surface area contributed by atoms with E-state index in [1.165, 1.54) is 6.92 Å². The predicted octanol–water partition coefficient (Wildman–Crippen LogP) is 7.24. The molecule has 0 spiro atoms. The Morgan fingerprint density at radius 3 is 1.23 bits per heavy atom. The molecule has 6 fully saturated rings. The number of carbonyl (C=O) groups excluding carboxylic acids is 4. The van der Waals surface area contributed by atoms with Gasteiger partial charge in [0.2, 0.25) is 5.91 Å². The third-order valence-corrected chi connectivity index (χ3v) is 16.8. The highest BCUT2D eigenvalue weighted by molar-refractivity contribution is 5.72. The molecule has 6 saturated heterocycles. The molecule has 6 aliphatic rings. The molecule has 78 heavy (non-hydrogen) atoms. The number of nitrogens with zero attached hydrogens (tertiary/aromatic N) is 13. The number of rotatable bonds is 12. The maximum atomic E-state index is 12.0. The van der Waals surface area contributed by atoms with Gasteiger partial charge >= 0.3 is 18.3 Å². The number of hydrogen-bond acceptors (Lipinski definition) is 14. The number of nitrogens with two attached hydrogens (primary N) is 1. The lowest BCUT2D eigenvalue weighted by molar-refractivity contribution is -0.119. The van der Waals surface area contributed by atoms with Gasteiger partial charge in [0, 0.05) is 135 Å². The molecular formula is C56H91N15O7. The zero-order valence-electron chi connectivity index (χ0n) is 47.3. The molecule has 22 heteroatoms. The summed E-state index contributed by atoms with van der Waals surface area (Å²) >= 11 is 0. The van der Waals surface area contributed by atoms with Gasteiger partial charge in [0.05, 0.1) is 56.0 Å². The van der Waals surface area contributed by atoms with Crippen molar-refractivity contribution < 1.29 is 33.4 Å². The molecule has 9 heterocycles. The van der Waals surface area contributed by atoms with Gasteiger partial charge in [0.25, 0.3) is 5.82 Å². The minimum Gasteiger partial charge on any atom is -0.450 e. The highest BCUT2D eigenvalue weighted by Crippen LogP contribution is 2.32. The molecular weight excluding hydrogens is 995 g/mol. The van der Waals surface area contributed by atoms with Crippen LogP contribution in [0.3, 0.4) is 0 Å². The molecule has 0 aliphatic carbocycles. The molecule has 0 saturated carbocycles. The molecule has 0 aromatic carbocycles. The molecule has 9 rings (SSSR count). The molecule has 22 nitrogen and oxygen atoms in total. The van der Waals surface area contributed by atoms with Gasteiger partial charge in [-0.1, -0.05) is 6.57 Å². The van der Waals surface area contributed by atoms with E-state index in [2.05, 4.69) is 49.5 Å². The summed E-state index contributed by atoms with van der Waals surface area (Å²) in [6.45, 7) is 27.9. The Bertz CT molecular complexity index is 2330. The van der Waals surface area contributed by atoms with E-state index in [0.29, 0.717) is 75.0 Å². The predicted molar refractivity (Wildman–Crippen MR) is 297 cm³/mol. The molecule has 3 atom stereocenters. The summed E-state index contributed by atoms with van der Waals surface area (Å²) in [6.07, 6.45) is 20.9. The Morgan fingerprint density at radius 2 is 0.859 bits per heavy atom. The first-order valence-corrected chi connectivity index (χ1v) is 29.4. The van der Waals surface area contributed by atoms with Crippen LogP contribution < -0.4 is 11.1 Å². The van der Waals surface area contributed by atoms with Crippen molar-refractivity contribution in [3.05, 3.63) is 59.6 Å². The number of ether oxygens (including phenoxy) is 3. The fraction of sp³-hybridized carbons (Fsp3) is 0.750. The summed E-state index contributed by atoms with van der Waals surface area (Å²) in [5, 5.41) is 16.2. The summed E-state index contributed by atoms with van der Waals surface area (Å²) in [6, 6.07) is 8.62. The third kappa shape index (κ3) is 16.9. The van der Waals surface area contributed by atoms with Crippen LogP contribution in [0.4, 0.5) is 20.2 Å². The summed E-state index contributed by atoms with van der Waals surface area (Å²) in [7, 11) is 0. The molecule has 6 aliphatic heterocycles. The summed E-state index contributed by atoms with van der Waals surface area (Å²) in [5.41, 5.74) is 7.99. The van der Waals surface area contributed by atoms with E-state index in [0.717, 1.165) is 186 Å². The third-order valence-electron chi connectivity index (χ3n) is 16.8. The second kappa shape index (κ2) is 31.1. The van der Waals surface area contributed by atoms with E-state index >= 15 is 0 Å². The first kappa shape index (κ1) is 59.9. The quantitative estimate of drug-likeness (QED) is 0.135. The Hall–Kier alpha value is -5.76. The lowest BCUT2D eigenvalue weighted by Crippen LogP contribution is -2.43. The Labute approximate surface area is 463 Å². The van der Waals surface area contributed by atoms with Crippen molar-refractivity contribution in [2.45, 2.75) is 173 Å². The van der Waals surface area contributed by atoms with Crippen LogP contribution in [0.15, 0.2) is 36.8 Å². The molecule has 3 aromatic rings. The average Bonchev–Trinajstić information content (AvgIpc) is 4.14. The lowest BCUT2D eigenvalue weighted by Gasteiger charge is -2.37. The van der Waals surface area contributed by atoms with E-state index in [1.807, 2.05) is 64.7 Å². The molecule has 3 aromatic heterocycles. The summed E-state index contributed by atoms with van der Waals surface area (Å²) in [4.78, 5) is 63.9. The number of aromatic nitrogens is 6. The van der Waals surface area contributed by atoms with Crippen LogP contribution in [0.5, 0.6) is 0 Å². The Kier molecular flexibility index (Phi) is 23.9. The zero-order chi connectivity index (χ0) is 55.2. The highest BCUT2D eigenvalue weighted by atomic mass is 16.6. The second-order valence-electron chi connectivity index (χ2n) is 21.5. The minimum absolute atomic E-state index is 0.0206. The number of nitrogens with one attached hydrogen (secondary N) is 1. The van der Waals surface area contributed by atoms with Gasteiger partial charge in [0.1, 0.15) is 6.04 Å². The van der Waals surface area contributed by atoms with Crippen molar-refractivity contribution in [2.24, 2.45) is 5.73 Å². The zero-order valence-corrected chi connectivity index (χ0v) is 47.3. The summed E-state index contributed by atoms with van der Waals surface area (Å²) < 4.78 is 21.5. The molecule has 432 valence electrons. The van der Waals surface area contributed by atoms with Crippen LogP contribution in [0.1, 0.15) is 154 Å². The van der Waals surface area contributed by atoms with Gasteiger partial charge in [-0.15, -0.1) is 5.10 Å². The SMILES string of the molecule is CCOC(=O)N1CCCC(N2CCC(n3nccc3CN)CC2)CC1.CCOC(=O)N1CCCC(N2CCC(n3nccc3CNC(C)=O)CC2)CC1.[C-]#[N+]c1ccnn1C1CCN(C2CCCN(C(=O)OCC)CC2)CC1. The standard InChI is InChI=1S/C20H33N5O3.C18H27N5O2.C18H31N5O2/c1-3-28-20(27)24-11-4-5-17(7-14-24)23-12-8-18(9-13-23)25-19(6-10-22-25)15-21-16(2)26;1-3-25-18(24)22-11-4-5-15(7-14-22)21-12-8-16(9-13-21)23-17(19-2)6-10-20-23;1-2-25-18(24)22-10-3-4-15(6-13-22)21-11-7-16(8-12-21)23-17(14-19)5-9-20-23/h6,10,17-18H,3-5,7-9,11-15H2,1-2H3,(H,21,26);6,10,15-16H,3-5,7-9,11-14H2,1H3;5,9,15-16H,2-4,6-8,10-14,19H2,1H3. The van der Waals surface area contributed by atoms with E-state index < -0.39 is 0 Å². The van der Waals surface area contributed by atoms with Gasteiger partial charge in [-0.25, -0.2) is 14.4 Å². The molecule has 0 radical (unpaired) electrons. The second-order valence-corrected chi connectivity index (χ2v) is 21.5. The molecule has 4 amide bonds. The largest absolute Gasteiger partial charge is 0.450 e. The van der Waals surface area contributed by atoms with Gasteiger partial charge < -0.3 is 54.6 Å².